The molecule has 2 aromatic rings. The van der Waals surface area contributed by atoms with Crippen LogP contribution >= 0.6 is 0 Å². The monoisotopic (exact) mass is 348 g/mol. The molecule has 0 saturated carbocycles. The number of nitrogens with two attached hydrogens (primary N) is 1. The molecular formula is C17H20N2O4S. The van der Waals surface area contributed by atoms with Gasteiger partial charge in [-0.2, -0.15) is 0 Å². The normalized spacial score (nSPS) is 12.5. The fourth-order valence-corrected chi connectivity index (χ4v) is 3.01. The molecule has 7 heteroatoms. The number of ether oxygens (including phenoxy) is 1. The van der Waals surface area contributed by atoms with Crippen LogP contribution in [0.1, 0.15) is 34.5 Å². The highest BCUT2D eigenvalue weighted by Gasteiger charge is 2.19. The molecule has 2 aromatic carbocycles. The van der Waals surface area contributed by atoms with E-state index in [1.807, 2.05) is 38.1 Å². The van der Waals surface area contributed by atoms with E-state index in [1.54, 1.807) is 0 Å². The summed E-state index contributed by atoms with van der Waals surface area (Å²) in [6, 6.07) is 11.4. The number of carbonyl (C=O) groups excluding carboxylic acids is 1. The molecule has 0 aromatic heterocycles. The Hall–Kier alpha value is -2.38. The lowest BCUT2D eigenvalue weighted by Crippen LogP contribution is -2.28. The minimum atomic E-state index is -3.91. The standard InChI is InChI=1S/C17H20N2O4S/c1-11-6-4-5-7-14(11)12(2)19-17(20)15-10-13(24(18,21)22)8-9-16(15)23-3/h4-10,12H,1-3H3,(H,19,20)(H2,18,21,22). The summed E-state index contributed by atoms with van der Waals surface area (Å²) in [6.07, 6.45) is 0. The van der Waals surface area contributed by atoms with E-state index in [4.69, 9.17) is 9.88 Å². The van der Waals surface area contributed by atoms with Crippen LogP contribution in [-0.2, 0) is 10.0 Å². The molecule has 2 rings (SSSR count). The lowest BCUT2D eigenvalue weighted by molar-refractivity contribution is 0.0936. The molecule has 3 N–H and O–H groups in total. The highest BCUT2D eigenvalue weighted by atomic mass is 32.2. The highest BCUT2D eigenvalue weighted by Crippen LogP contribution is 2.23. The van der Waals surface area contributed by atoms with Crippen LogP contribution in [0, 0.1) is 6.92 Å². The van der Waals surface area contributed by atoms with Crippen LogP contribution in [-0.4, -0.2) is 21.4 Å². The van der Waals surface area contributed by atoms with E-state index in [0.717, 1.165) is 11.1 Å². The summed E-state index contributed by atoms with van der Waals surface area (Å²) in [7, 11) is -2.50. The van der Waals surface area contributed by atoms with Crippen molar-refractivity contribution in [3.63, 3.8) is 0 Å². The molecule has 6 nitrogen and oxygen atoms in total. The summed E-state index contributed by atoms with van der Waals surface area (Å²) in [5.74, 6) is -0.162. The molecule has 0 heterocycles. The van der Waals surface area contributed by atoms with Gasteiger partial charge in [0.25, 0.3) is 5.91 Å². The van der Waals surface area contributed by atoms with Gasteiger partial charge in [0.2, 0.25) is 10.0 Å². The van der Waals surface area contributed by atoms with Crippen LogP contribution in [0.15, 0.2) is 47.4 Å². The third-order valence-corrected chi connectivity index (χ3v) is 4.66. The second kappa shape index (κ2) is 7.02. The second-order valence-corrected chi connectivity index (χ2v) is 7.02. The molecule has 0 spiro atoms. The molecule has 0 radical (unpaired) electrons. The van der Waals surface area contributed by atoms with Gasteiger partial charge in [0.1, 0.15) is 5.75 Å². The van der Waals surface area contributed by atoms with Gasteiger partial charge in [0, 0.05) is 0 Å². The maximum atomic E-state index is 12.6. The van der Waals surface area contributed by atoms with E-state index in [-0.39, 0.29) is 22.3 Å². The molecule has 1 unspecified atom stereocenters. The number of sulfonamides is 1. The zero-order valence-electron chi connectivity index (χ0n) is 13.7. The van der Waals surface area contributed by atoms with Crippen molar-refractivity contribution in [2.45, 2.75) is 24.8 Å². The van der Waals surface area contributed by atoms with Gasteiger partial charge in [-0.05, 0) is 43.2 Å². The van der Waals surface area contributed by atoms with E-state index < -0.39 is 15.9 Å². The van der Waals surface area contributed by atoms with E-state index in [1.165, 1.54) is 25.3 Å². The minimum Gasteiger partial charge on any atom is -0.496 e. The van der Waals surface area contributed by atoms with Crippen molar-refractivity contribution in [3.8, 4) is 5.75 Å². The fourth-order valence-electron chi connectivity index (χ4n) is 2.47. The van der Waals surface area contributed by atoms with Gasteiger partial charge >= 0.3 is 0 Å². The lowest BCUT2D eigenvalue weighted by Gasteiger charge is -2.18. The van der Waals surface area contributed by atoms with Gasteiger partial charge in [-0.25, -0.2) is 13.6 Å². The summed E-state index contributed by atoms with van der Waals surface area (Å²) in [5, 5.41) is 7.98. The molecule has 1 atom stereocenters. The molecule has 0 aliphatic rings. The summed E-state index contributed by atoms with van der Waals surface area (Å²) >= 11 is 0. The van der Waals surface area contributed by atoms with Crippen molar-refractivity contribution < 1.29 is 17.9 Å². The van der Waals surface area contributed by atoms with Gasteiger partial charge in [0.15, 0.2) is 0 Å². The maximum absolute atomic E-state index is 12.6. The number of amides is 1. The number of rotatable bonds is 5. The third-order valence-electron chi connectivity index (χ3n) is 3.75. The van der Waals surface area contributed by atoms with Crippen molar-refractivity contribution in [1.29, 1.82) is 0 Å². The van der Waals surface area contributed by atoms with Gasteiger partial charge in [-0.15, -0.1) is 0 Å². The first-order valence-electron chi connectivity index (χ1n) is 7.31. The molecule has 0 fully saturated rings. The van der Waals surface area contributed by atoms with Crippen molar-refractivity contribution in [2.24, 2.45) is 5.14 Å². The van der Waals surface area contributed by atoms with Gasteiger partial charge in [-0.3, -0.25) is 4.79 Å². The van der Waals surface area contributed by atoms with Crippen LogP contribution in [0.5, 0.6) is 5.75 Å². The predicted molar refractivity (Wildman–Crippen MR) is 91.4 cm³/mol. The average molecular weight is 348 g/mol. The van der Waals surface area contributed by atoms with Crippen LogP contribution in [0.2, 0.25) is 0 Å². The van der Waals surface area contributed by atoms with Crippen molar-refractivity contribution in [2.75, 3.05) is 7.11 Å². The van der Waals surface area contributed by atoms with Crippen LogP contribution in [0.4, 0.5) is 0 Å². The van der Waals surface area contributed by atoms with Crippen molar-refractivity contribution >= 4 is 15.9 Å². The zero-order valence-corrected chi connectivity index (χ0v) is 14.6. The summed E-state index contributed by atoms with van der Waals surface area (Å²) < 4.78 is 28.2. The Bertz CT molecular complexity index is 863. The topological polar surface area (TPSA) is 98.5 Å². The van der Waals surface area contributed by atoms with E-state index in [9.17, 15) is 13.2 Å². The average Bonchev–Trinajstić information content (AvgIpc) is 2.53. The maximum Gasteiger partial charge on any atom is 0.255 e. The molecule has 0 saturated heterocycles. The van der Waals surface area contributed by atoms with E-state index in [2.05, 4.69) is 5.32 Å². The van der Waals surface area contributed by atoms with E-state index in [0.29, 0.717) is 0 Å². The van der Waals surface area contributed by atoms with Gasteiger partial charge in [0.05, 0.1) is 23.6 Å². The summed E-state index contributed by atoms with van der Waals surface area (Å²) in [5.41, 5.74) is 2.15. The highest BCUT2D eigenvalue weighted by molar-refractivity contribution is 7.89. The Morgan fingerprint density at radius 1 is 1.21 bits per heavy atom. The number of hydrogen-bond acceptors (Lipinski definition) is 4. The summed E-state index contributed by atoms with van der Waals surface area (Å²) in [4.78, 5) is 12.4. The number of carbonyl (C=O) groups is 1. The quantitative estimate of drug-likeness (QED) is 0.865. The molecule has 0 bridgehead atoms. The van der Waals surface area contributed by atoms with Gasteiger partial charge < -0.3 is 10.1 Å². The van der Waals surface area contributed by atoms with Crippen LogP contribution < -0.4 is 15.2 Å². The zero-order chi connectivity index (χ0) is 17.9. The summed E-state index contributed by atoms with van der Waals surface area (Å²) in [6.45, 7) is 3.82. The van der Waals surface area contributed by atoms with Gasteiger partial charge in [-0.1, -0.05) is 24.3 Å². The van der Waals surface area contributed by atoms with Crippen LogP contribution in [0.3, 0.4) is 0 Å². The number of primary sulfonamides is 1. The number of aryl methyl sites for hydroxylation is 1. The Morgan fingerprint density at radius 2 is 1.88 bits per heavy atom. The Kier molecular flexibility index (Phi) is 5.26. The Morgan fingerprint density at radius 3 is 2.46 bits per heavy atom. The Balaban J connectivity index is 2.34. The molecule has 128 valence electrons. The van der Waals surface area contributed by atoms with E-state index >= 15 is 0 Å². The lowest BCUT2D eigenvalue weighted by atomic mass is 10.0. The van der Waals surface area contributed by atoms with Crippen molar-refractivity contribution in [3.05, 3.63) is 59.2 Å². The SMILES string of the molecule is COc1ccc(S(N)(=O)=O)cc1C(=O)NC(C)c1ccccc1C. The predicted octanol–water partition coefficient (Wildman–Crippen LogP) is 2.14. The number of methoxy groups -OCH3 is 1. The number of nitrogens with one attached hydrogen (secondary N) is 1. The fraction of sp³-hybridized carbons (Fsp3) is 0.235. The number of benzene rings is 2. The smallest absolute Gasteiger partial charge is 0.255 e. The Labute approximate surface area is 141 Å². The molecule has 24 heavy (non-hydrogen) atoms. The first kappa shape index (κ1) is 18.0. The first-order chi connectivity index (χ1) is 11.2. The molecule has 0 aliphatic heterocycles. The molecule has 1 amide bonds. The molecule has 0 aliphatic carbocycles. The largest absolute Gasteiger partial charge is 0.496 e. The minimum absolute atomic E-state index is 0.115. The first-order valence-corrected chi connectivity index (χ1v) is 8.86. The van der Waals surface area contributed by atoms with Crippen LogP contribution in [0.25, 0.3) is 0 Å². The molecular weight excluding hydrogens is 328 g/mol. The second-order valence-electron chi connectivity index (χ2n) is 5.46. The third kappa shape index (κ3) is 3.93. The van der Waals surface area contributed by atoms with Crippen molar-refractivity contribution in [1.82, 2.24) is 5.32 Å². The number of hydrogen-bond donors (Lipinski definition) is 2.